The number of aliphatic hydroxyl groups is 1. The van der Waals surface area contributed by atoms with Gasteiger partial charge in [-0.05, 0) is 79.8 Å². The molecule has 178 valence electrons. The molecule has 1 N–H and O–H groups in total. The van der Waals surface area contributed by atoms with Crippen LogP contribution in [0, 0.1) is 6.92 Å². The van der Waals surface area contributed by atoms with Crippen molar-refractivity contribution in [2.24, 2.45) is 0 Å². The predicted octanol–water partition coefficient (Wildman–Crippen LogP) is 7.03. The molecule has 3 aromatic rings. The molecule has 0 radical (unpaired) electrons. The number of aromatic nitrogens is 1. The number of benzene rings is 2. The van der Waals surface area contributed by atoms with Gasteiger partial charge in [0, 0.05) is 24.2 Å². The Balaban J connectivity index is 1.23. The number of ether oxygens (including phenoxy) is 1. The molecule has 2 aromatic carbocycles. The topological polar surface area (TPSA) is 55.5 Å². The van der Waals surface area contributed by atoms with Crippen molar-refractivity contribution in [3.63, 3.8) is 0 Å². The van der Waals surface area contributed by atoms with Gasteiger partial charge in [0.2, 0.25) is 5.89 Å². The molecular formula is C30H35NO3. The van der Waals surface area contributed by atoms with E-state index >= 15 is 0 Å². The third kappa shape index (κ3) is 4.97. The largest absolute Gasteiger partial charge is 0.493 e. The Morgan fingerprint density at radius 3 is 2.65 bits per heavy atom. The van der Waals surface area contributed by atoms with Crippen molar-refractivity contribution >= 4 is 5.57 Å². The van der Waals surface area contributed by atoms with Gasteiger partial charge < -0.3 is 14.3 Å². The Bertz CT molecular complexity index is 1140. The van der Waals surface area contributed by atoms with Crippen LogP contribution in [-0.4, -0.2) is 23.3 Å². The van der Waals surface area contributed by atoms with Crippen molar-refractivity contribution in [3.8, 4) is 17.2 Å². The minimum absolute atomic E-state index is 0.174. The predicted molar refractivity (Wildman–Crippen MR) is 136 cm³/mol. The van der Waals surface area contributed by atoms with Crippen LogP contribution in [0.25, 0.3) is 17.0 Å². The monoisotopic (exact) mass is 457 g/mol. The molecule has 0 atom stereocenters. The average molecular weight is 458 g/mol. The molecule has 1 fully saturated rings. The Morgan fingerprint density at radius 1 is 1.03 bits per heavy atom. The van der Waals surface area contributed by atoms with Crippen molar-refractivity contribution < 1.29 is 14.3 Å². The molecule has 2 aliphatic carbocycles. The molecule has 1 aromatic heterocycles. The smallest absolute Gasteiger partial charge is 0.226 e. The van der Waals surface area contributed by atoms with Gasteiger partial charge in [-0.1, -0.05) is 49.6 Å². The summed E-state index contributed by atoms with van der Waals surface area (Å²) in [7, 11) is 0. The molecular weight excluding hydrogens is 422 g/mol. The van der Waals surface area contributed by atoms with Crippen LogP contribution < -0.4 is 4.74 Å². The molecule has 4 heteroatoms. The van der Waals surface area contributed by atoms with Gasteiger partial charge in [0.25, 0.3) is 0 Å². The highest BCUT2D eigenvalue weighted by Crippen LogP contribution is 2.35. The first-order valence-corrected chi connectivity index (χ1v) is 12.8. The third-order valence-electron chi connectivity index (χ3n) is 7.37. The number of hydrogen-bond acceptors (Lipinski definition) is 4. The van der Waals surface area contributed by atoms with Gasteiger partial charge in [0.1, 0.15) is 11.5 Å². The fraction of sp³-hybridized carbons (Fsp3) is 0.433. The van der Waals surface area contributed by atoms with Gasteiger partial charge >= 0.3 is 0 Å². The number of rotatable bonds is 8. The van der Waals surface area contributed by atoms with E-state index in [0.29, 0.717) is 31.3 Å². The first kappa shape index (κ1) is 22.9. The lowest BCUT2D eigenvalue weighted by atomic mass is 9.84. The summed E-state index contributed by atoms with van der Waals surface area (Å²) in [5.41, 5.74) is 7.13. The molecule has 0 bridgehead atoms. The minimum Gasteiger partial charge on any atom is -0.493 e. The summed E-state index contributed by atoms with van der Waals surface area (Å²) in [6, 6.07) is 15.1. The number of hydrogen-bond donors (Lipinski definition) is 1. The maximum Gasteiger partial charge on any atom is 0.226 e. The van der Waals surface area contributed by atoms with E-state index in [4.69, 9.17) is 14.1 Å². The van der Waals surface area contributed by atoms with Gasteiger partial charge in [-0.3, -0.25) is 0 Å². The summed E-state index contributed by atoms with van der Waals surface area (Å²) < 4.78 is 12.2. The van der Waals surface area contributed by atoms with Gasteiger partial charge in [-0.2, -0.15) is 0 Å². The van der Waals surface area contributed by atoms with Crippen molar-refractivity contribution in [2.75, 3.05) is 13.2 Å². The van der Waals surface area contributed by atoms with Crippen LogP contribution in [0.5, 0.6) is 5.75 Å². The van der Waals surface area contributed by atoms with Crippen molar-refractivity contribution in [3.05, 3.63) is 76.7 Å². The minimum atomic E-state index is 0.174. The number of fused-ring (bicyclic) bond motifs is 1. The third-order valence-corrected chi connectivity index (χ3v) is 7.37. The molecule has 0 unspecified atom stereocenters. The summed E-state index contributed by atoms with van der Waals surface area (Å²) in [5, 5.41) is 9.38. The summed E-state index contributed by atoms with van der Waals surface area (Å²) in [4.78, 5) is 4.79. The molecule has 0 saturated heterocycles. The number of oxazole rings is 1. The maximum atomic E-state index is 9.38. The lowest BCUT2D eigenvalue weighted by Gasteiger charge is -2.21. The van der Waals surface area contributed by atoms with E-state index in [1.165, 1.54) is 54.4 Å². The van der Waals surface area contributed by atoms with Crippen LogP contribution in [0.1, 0.15) is 79.0 Å². The number of aliphatic hydroxyl groups excluding tert-OH is 1. The van der Waals surface area contributed by atoms with Crippen LogP contribution in [0.4, 0.5) is 0 Å². The fourth-order valence-electron chi connectivity index (χ4n) is 5.49. The zero-order valence-corrected chi connectivity index (χ0v) is 20.2. The van der Waals surface area contributed by atoms with E-state index < -0.39 is 0 Å². The Hall–Kier alpha value is -2.85. The molecule has 2 aliphatic rings. The lowest BCUT2D eigenvalue weighted by molar-refractivity contribution is 0.304. The zero-order valence-electron chi connectivity index (χ0n) is 20.2. The highest BCUT2D eigenvalue weighted by atomic mass is 16.5. The van der Waals surface area contributed by atoms with Gasteiger partial charge in [-0.15, -0.1) is 0 Å². The molecule has 34 heavy (non-hydrogen) atoms. The second-order valence-electron chi connectivity index (χ2n) is 9.60. The molecule has 1 saturated carbocycles. The molecule has 0 aliphatic heterocycles. The zero-order chi connectivity index (χ0) is 23.3. The first-order chi connectivity index (χ1) is 16.7. The SMILES string of the molecule is Cc1oc(-c2ccc(C3CCCCC3)cc2)nc1CCOc1cccc2c1CCC=C2CCO. The van der Waals surface area contributed by atoms with Crippen LogP contribution in [0.3, 0.4) is 0 Å². The second kappa shape index (κ2) is 10.6. The number of allylic oxidation sites excluding steroid dienone is 1. The van der Waals surface area contributed by atoms with E-state index in [-0.39, 0.29) is 6.61 Å². The molecule has 4 nitrogen and oxygen atoms in total. The maximum absolute atomic E-state index is 9.38. The second-order valence-corrected chi connectivity index (χ2v) is 9.60. The van der Waals surface area contributed by atoms with Crippen LogP contribution >= 0.6 is 0 Å². The van der Waals surface area contributed by atoms with Gasteiger partial charge in [0.05, 0.1) is 12.3 Å². The lowest BCUT2D eigenvalue weighted by Crippen LogP contribution is -2.08. The summed E-state index contributed by atoms with van der Waals surface area (Å²) in [5.74, 6) is 3.21. The van der Waals surface area contributed by atoms with E-state index in [1.807, 2.05) is 13.0 Å². The van der Waals surface area contributed by atoms with Crippen LogP contribution in [0.2, 0.25) is 0 Å². The van der Waals surface area contributed by atoms with Crippen molar-refractivity contribution in [2.45, 2.75) is 70.6 Å². The standard InChI is InChI=1S/C30H35NO3/c1-21-28(18-20-33-29-12-6-10-26-24(17-19-32)9-5-11-27(26)29)31-30(34-21)25-15-13-23(14-16-25)22-7-3-2-4-8-22/h6,9-10,12-16,22,32H,2-5,7-8,11,17-20H2,1H3. The Labute approximate surface area is 202 Å². The summed E-state index contributed by atoms with van der Waals surface area (Å²) >= 11 is 0. The van der Waals surface area contributed by atoms with Crippen LogP contribution in [-0.2, 0) is 12.8 Å². The van der Waals surface area contributed by atoms with E-state index in [0.717, 1.165) is 35.6 Å². The Kier molecular flexibility index (Phi) is 7.15. The van der Waals surface area contributed by atoms with E-state index in [1.54, 1.807) is 0 Å². The molecule has 5 rings (SSSR count). The summed E-state index contributed by atoms with van der Waals surface area (Å²) in [6.07, 6.45) is 12.3. The number of nitrogens with zero attached hydrogens (tertiary/aromatic N) is 1. The van der Waals surface area contributed by atoms with Crippen molar-refractivity contribution in [1.82, 2.24) is 4.98 Å². The van der Waals surface area contributed by atoms with E-state index in [2.05, 4.69) is 42.5 Å². The average Bonchev–Trinajstić information content (AvgIpc) is 3.25. The highest BCUT2D eigenvalue weighted by Gasteiger charge is 2.18. The Morgan fingerprint density at radius 2 is 1.85 bits per heavy atom. The van der Waals surface area contributed by atoms with Crippen molar-refractivity contribution in [1.29, 1.82) is 0 Å². The van der Waals surface area contributed by atoms with Gasteiger partial charge in [0.15, 0.2) is 0 Å². The number of aryl methyl sites for hydroxylation is 1. The van der Waals surface area contributed by atoms with Gasteiger partial charge in [-0.25, -0.2) is 4.98 Å². The summed E-state index contributed by atoms with van der Waals surface area (Å²) in [6.45, 7) is 2.72. The molecule has 0 spiro atoms. The molecule has 1 heterocycles. The normalized spacial score (nSPS) is 16.2. The molecule has 0 amide bonds. The van der Waals surface area contributed by atoms with E-state index in [9.17, 15) is 5.11 Å². The first-order valence-electron chi connectivity index (χ1n) is 12.8. The highest BCUT2D eigenvalue weighted by molar-refractivity contribution is 5.72. The fourth-order valence-corrected chi connectivity index (χ4v) is 5.49. The quantitative estimate of drug-likeness (QED) is 0.394. The van der Waals surface area contributed by atoms with Crippen LogP contribution in [0.15, 0.2) is 53.0 Å².